The molecule has 0 aromatic rings. The van der Waals surface area contributed by atoms with Gasteiger partial charge in [-0.15, -0.1) is 0 Å². The molecule has 1 aliphatic carbocycles. The predicted molar refractivity (Wildman–Crippen MR) is 136 cm³/mol. The van der Waals surface area contributed by atoms with Crippen LogP contribution in [0.1, 0.15) is 81.6 Å². The molecular formula is C29H48O2. The Morgan fingerprint density at radius 2 is 1.77 bits per heavy atom. The van der Waals surface area contributed by atoms with E-state index in [0.29, 0.717) is 17.8 Å². The summed E-state index contributed by atoms with van der Waals surface area (Å²) in [4.78, 5) is 0. The molecule has 1 aliphatic heterocycles. The fourth-order valence-electron chi connectivity index (χ4n) is 4.48. The molecule has 0 bridgehead atoms. The minimum Gasteiger partial charge on any atom is -0.412 e. The van der Waals surface area contributed by atoms with Gasteiger partial charge >= 0.3 is 0 Å². The van der Waals surface area contributed by atoms with Crippen molar-refractivity contribution >= 4 is 0 Å². The van der Waals surface area contributed by atoms with Crippen molar-refractivity contribution < 1.29 is 10.2 Å². The van der Waals surface area contributed by atoms with E-state index in [1.54, 1.807) is 11.1 Å². The van der Waals surface area contributed by atoms with Crippen LogP contribution in [0.3, 0.4) is 0 Å². The molecule has 1 heterocycles. The number of rotatable bonds is 4. The zero-order valence-electron chi connectivity index (χ0n) is 21.6. The summed E-state index contributed by atoms with van der Waals surface area (Å²) in [5, 5.41) is 0. The summed E-state index contributed by atoms with van der Waals surface area (Å²) in [7, 11) is 0. The molecule has 176 valence electrons. The molecular weight excluding hydrogens is 380 g/mol. The van der Waals surface area contributed by atoms with Crippen molar-refractivity contribution in [2.24, 2.45) is 28.6 Å². The molecule has 0 amide bonds. The topological polar surface area (TPSA) is 40.7 Å². The van der Waals surface area contributed by atoms with E-state index >= 15 is 0 Å². The van der Waals surface area contributed by atoms with Gasteiger partial charge < -0.3 is 10.2 Å². The summed E-state index contributed by atoms with van der Waals surface area (Å²) >= 11 is 0. The van der Waals surface area contributed by atoms with E-state index in [9.17, 15) is 0 Å². The van der Waals surface area contributed by atoms with E-state index in [1.165, 1.54) is 11.1 Å². The molecule has 2 N–H and O–H groups in total. The van der Waals surface area contributed by atoms with Gasteiger partial charge in [0.05, 0.1) is 6.61 Å². The molecule has 2 nitrogen and oxygen atoms in total. The quantitative estimate of drug-likeness (QED) is 0.453. The molecule has 1 saturated heterocycles. The third kappa shape index (κ3) is 8.94. The average molecular weight is 429 g/mol. The van der Waals surface area contributed by atoms with E-state index in [4.69, 9.17) is 4.74 Å². The Kier molecular flexibility index (Phi) is 10.2. The lowest BCUT2D eigenvalue weighted by molar-refractivity contribution is 0.0717. The first kappa shape index (κ1) is 27.7. The smallest absolute Gasteiger partial charge is 0.0536 e. The van der Waals surface area contributed by atoms with Gasteiger partial charge in [0, 0.05) is 12.5 Å². The van der Waals surface area contributed by atoms with Crippen molar-refractivity contribution in [2.45, 2.75) is 81.6 Å². The van der Waals surface area contributed by atoms with E-state index in [2.05, 4.69) is 98.8 Å². The Bertz CT molecular complexity index is 732. The Morgan fingerprint density at radius 1 is 1.10 bits per heavy atom. The highest BCUT2D eigenvalue weighted by molar-refractivity contribution is 5.43. The van der Waals surface area contributed by atoms with Crippen LogP contribution in [0, 0.1) is 28.6 Å². The largest absolute Gasteiger partial charge is 0.412 e. The van der Waals surface area contributed by atoms with E-state index in [-0.39, 0.29) is 16.3 Å². The minimum absolute atomic E-state index is 0. The summed E-state index contributed by atoms with van der Waals surface area (Å²) in [6.45, 7) is 22.6. The number of allylic oxidation sites excluding steroid dienone is 9. The van der Waals surface area contributed by atoms with Crippen molar-refractivity contribution in [1.29, 1.82) is 0 Å². The first-order chi connectivity index (χ1) is 13.9. The summed E-state index contributed by atoms with van der Waals surface area (Å²) in [5.74, 6) is 1.64. The fourth-order valence-corrected chi connectivity index (χ4v) is 4.48. The molecule has 0 aromatic heterocycles. The molecule has 0 aromatic carbocycles. The maximum atomic E-state index is 5.96. The van der Waals surface area contributed by atoms with Crippen molar-refractivity contribution in [1.82, 2.24) is 0 Å². The second kappa shape index (κ2) is 11.5. The second-order valence-electron chi connectivity index (χ2n) is 11.9. The van der Waals surface area contributed by atoms with Crippen molar-refractivity contribution in [3.05, 3.63) is 58.7 Å². The highest BCUT2D eigenvalue weighted by Gasteiger charge is 2.30. The standard InChI is InChI=1S/C29H46O.H2O/c1-21(14-24-15-22(2)17-26(18-24)28(4,5)6)12-10-11-13-25-16-23(3)19-30-20-27(25)29(7,8)9;/h10-11,13-15,18,21,23,27H,12,16-17,19-20H2,1-9H3;1H2/b11-10+,24-14-,25-13-;. The fraction of sp³-hybridized carbons (Fsp3) is 0.655. The minimum atomic E-state index is 0. The Labute approximate surface area is 192 Å². The van der Waals surface area contributed by atoms with Crippen LogP contribution >= 0.6 is 0 Å². The Morgan fingerprint density at radius 3 is 2.39 bits per heavy atom. The number of ether oxygens (including phenoxy) is 1. The molecule has 0 saturated carbocycles. The summed E-state index contributed by atoms with van der Waals surface area (Å²) in [6.07, 6.45) is 17.6. The average Bonchev–Trinajstić information content (AvgIpc) is 2.78. The zero-order chi connectivity index (χ0) is 22.5. The van der Waals surface area contributed by atoms with Crippen LogP contribution in [0.25, 0.3) is 0 Å². The van der Waals surface area contributed by atoms with Crippen LogP contribution in [0.5, 0.6) is 0 Å². The van der Waals surface area contributed by atoms with Crippen LogP contribution < -0.4 is 0 Å². The van der Waals surface area contributed by atoms with Crippen molar-refractivity contribution in [3.63, 3.8) is 0 Å². The molecule has 2 rings (SSSR count). The monoisotopic (exact) mass is 428 g/mol. The normalized spacial score (nSPS) is 27.0. The highest BCUT2D eigenvalue weighted by Crippen LogP contribution is 2.37. The Hall–Kier alpha value is -1.38. The van der Waals surface area contributed by atoms with Gasteiger partial charge in [-0.1, -0.05) is 109 Å². The second-order valence-corrected chi connectivity index (χ2v) is 11.9. The molecule has 2 heteroatoms. The van der Waals surface area contributed by atoms with Crippen LogP contribution in [0.4, 0.5) is 0 Å². The number of hydrogen-bond acceptors (Lipinski definition) is 1. The van der Waals surface area contributed by atoms with Crippen molar-refractivity contribution in [3.8, 4) is 0 Å². The van der Waals surface area contributed by atoms with Gasteiger partial charge in [0.25, 0.3) is 0 Å². The van der Waals surface area contributed by atoms with Gasteiger partial charge in [-0.25, -0.2) is 0 Å². The maximum Gasteiger partial charge on any atom is 0.0536 e. The molecule has 0 spiro atoms. The van der Waals surface area contributed by atoms with Crippen LogP contribution in [0.15, 0.2) is 58.7 Å². The van der Waals surface area contributed by atoms with Gasteiger partial charge in [0.1, 0.15) is 0 Å². The van der Waals surface area contributed by atoms with Crippen LogP contribution in [-0.4, -0.2) is 18.7 Å². The zero-order valence-corrected chi connectivity index (χ0v) is 21.6. The molecule has 3 unspecified atom stereocenters. The molecule has 3 atom stereocenters. The van der Waals surface area contributed by atoms with E-state index < -0.39 is 0 Å². The molecule has 31 heavy (non-hydrogen) atoms. The van der Waals surface area contributed by atoms with Crippen molar-refractivity contribution in [2.75, 3.05) is 13.2 Å². The maximum absolute atomic E-state index is 5.96. The van der Waals surface area contributed by atoms with Gasteiger partial charge in [-0.05, 0) is 54.4 Å². The lowest BCUT2D eigenvalue weighted by Gasteiger charge is -2.31. The van der Waals surface area contributed by atoms with E-state index in [1.807, 2.05) is 0 Å². The van der Waals surface area contributed by atoms with E-state index in [0.717, 1.165) is 32.5 Å². The summed E-state index contributed by atoms with van der Waals surface area (Å²) in [6, 6.07) is 0. The van der Waals surface area contributed by atoms with Gasteiger partial charge in [-0.3, -0.25) is 0 Å². The van der Waals surface area contributed by atoms with Gasteiger partial charge in [0.2, 0.25) is 0 Å². The third-order valence-corrected chi connectivity index (χ3v) is 6.38. The lowest BCUT2D eigenvalue weighted by atomic mass is 9.75. The number of hydrogen-bond donors (Lipinski definition) is 0. The highest BCUT2D eigenvalue weighted by atomic mass is 16.5. The van der Waals surface area contributed by atoms with Crippen LogP contribution in [0.2, 0.25) is 0 Å². The van der Waals surface area contributed by atoms with Crippen LogP contribution in [-0.2, 0) is 4.74 Å². The SMILES string of the molecule is CC1=C/C(=C/C(C)C/C=C/C=C2/CC(C)COCC2C(C)(C)C)C=C(C(C)(C)C)C1.O. The predicted octanol–water partition coefficient (Wildman–Crippen LogP) is 7.64. The lowest BCUT2D eigenvalue weighted by Crippen LogP contribution is -2.25. The van der Waals surface area contributed by atoms with Gasteiger partial charge in [0.15, 0.2) is 0 Å². The first-order valence-corrected chi connectivity index (χ1v) is 11.9. The summed E-state index contributed by atoms with van der Waals surface area (Å²) in [5.41, 5.74) is 6.43. The first-order valence-electron chi connectivity index (χ1n) is 11.9. The van der Waals surface area contributed by atoms with Gasteiger partial charge in [-0.2, -0.15) is 0 Å². The third-order valence-electron chi connectivity index (χ3n) is 6.38. The molecule has 2 aliphatic rings. The molecule has 1 fully saturated rings. The Balaban J connectivity index is 0.00000480. The molecule has 0 radical (unpaired) electrons. The summed E-state index contributed by atoms with van der Waals surface area (Å²) < 4.78 is 5.96.